The van der Waals surface area contributed by atoms with Gasteiger partial charge in [0.1, 0.15) is 18.0 Å². The topological polar surface area (TPSA) is 55.0 Å². The molecule has 15 heavy (non-hydrogen) atoms. The van der Waals surface area contributed by atoms with Crippen LogP contribution in [0.15, 0.2) is 6.33 Å². The molecule has 0 aliphatic heterocycles. The molecule has 0 atom stereocenters. The average molecular weight is 226 g/mol. The summed E-state index contributed by atoms with van der Waals surface area (Å²) in [4.78, 5) is 10.4. The van der Waals surface area contributed by atoms with E-state index in [9.17, 15) is 0 Å². The molecule has 0 aliphatic carbocycles. The van der Waals surface area contributed by atoms with Crippen LogP contribution in [0.2, 0.25) is 0 Å². The van der Waals surface area contributed by atoms with Crippen LogP contribution in [0.5, 0.6) is 0 Å². The number of thioether (sulfide) groups is 1. The Balaban J connectivity index is 2.87. The van der Waals surface area contributed by atoms with E-state index in [2.05, 4.69) is 28.0 Å². The summed E-state index contributed by atoms with van der Waals surface area (Å²) in [6.07, 6.45) is 4.49. The molecule has 5 heteroatoms. The van der Waals surface area contributed by atoms with Crippen molar-refractivity contribution in [3.8, 4) is 0 Å². The quantitative estimate of drug-likeness (QED) is 0.823. The number of nitrogens with two attached hydrogens (primary N) is 1. The maximum atomic E-state index is 5.82. The number of aromatic nitrogens is 2. The van der Waals surface area contributed by atoms with Crippen molar-refractivity contribution in [2.75, 3.05) is 36.2 Å². The first-order valence-electron chi connectivity index (χ1n) is 5.00. The number of anilines is 2. The van der Waals surface area contributed by atoms with Crippen molar-refractivity contribution in [2.24, 2.45) is 0 Å². The van der Waals surface area contributed by atoms with Crippen LogP contribution in [0.25, 0.3) is 0 Å². The first-order valence-corrected chi connectivity index (χ1v) is 6.39. The Morgan fingerprint density at radius 2 is 2.20 bits per heavy atom. The van der Waals surface area contributed by atoms with E-state index in [1.165, 1.54) is 6.33 Å². The molecule has 0 aromatic carbocycles. The van der Waals surface area contributed by atoms with E-state index in [0.29, 0.717) is 5.82 Å². The number of nitrogen functional groups attached to an aromatic ring is 1. The monoisotopic (exact) mass is 226 g/mol. The Morgan fingerprint density at radius 1 is 1.47 bits per heavy atom. The van der Waals surface area contributed by atoms with E-state index < -0.39 is 0 Å². The number of rotatable bonds is 5. The minimum absolute atomic E-state index is 0.596. The molecular formula is C10H18N4S. The van der Waals surface area contributed by atoms with E-state index >= 15 is 0 Å². The largest absolute Gasteiger partial charge is 0.383 e. The molecule has 1 rings (SSSR count). The van der Waals surface area contributed by atoms with Gasteiger partial charge in [-0.05, 0) is 12.7 Å². The second kappa shape index (κ2) is 5.80. The van der Waals surface area contributed by atoms with E-state index in [1.54, 1.807) is 0 Å². The van der Waals surface area contributed by atoms with Gasteiger partial charge in [0.05, 0.1) is 0 Å². The van der Waals surface area contributed by atoms with Gasteiger partial charge in [-0.25, -0.2) is 9.97 Å². The van der Waals surface area contributed by atoms with E-state index in [0.717, 1.165) is 30.1 Å². The van der Waals surface area contributed by atoms with Gasteiger partial charge in [0.25, 0.3) is 0 Å². The molecule has 2 N–H and O–H groups in total. The number of hydrogen-bond donors (Lipinski definition) is 1. The zero-order chi connectivity index (χ0) is 11.3. The van der Waals surface area contributed by atoms with Crippen LogP contribution in [0, 0.1) is 0 Å². The first kappa shape index (κ1) is 12.1. The van der Waals surface area contributed by atoms with Gasteiger partial charge >= 0.3 is 0 Å². The predicted octanol–water partition coefficient (Wildman–Crippen LogP) is 1.42. The minimum Gasteiger partial charge on any atom is -0.383 e. The zero-order valence-electron chi connectivity index (χ0n) is 9.53. The van der Waals surface area contributed by atoms with Crippen LogP contribution in [0.4, 0.5) is 11.6 Å². The Labute approximate surface area is 95.3 Å². The third-order valence-electron chi connectivity index (χ3n) is 2.30. The highest BCUT2D eigenvalue weighted by atomic mass is 32.2. The van der Waals surface area contributed by atoms with Gasteiger partial charge in [-0.15, -0.1) is 0 Å². The van der Waals surface area contributed by atoms with E-state index in [-0.39, 0.29) is 0 Å². The lowest BCUT2D eigenvalue weighted by Crippen LogP contribution is -2.23. The third-order valence-corrected chi connectivity index (χ3v) is 2.89. The lowest BCUT2D eigenvalue weighted by atomic mass is 10.2. The van der Waals surface area contributed by atoms with Crippen LogP contribution < -0.4 is 10.6 Å². The maximum absolute atomic E-state index is 5.82. The molecule has 0 bridgehead atoms. The lowest BCUT2D eigenvalue weighted by molar-refractivity contribution is 0.911. The summed E-state index contributed by atoms with van der Waals surface area (Å²) >= 11 is 1.83. The number of nitrogens with zero attached hydrogens (tertiary/aromatic N) is 3. The summed E-state index contributed by atoms with van der Waals surface area (Å²) in [6, 6.07) is 0. The fourth-order valence-electron chi connectivity index (χ4n) is 1.42. The van der Waals surface area contributed by atoms with Crippen molar-refractivity contribution in [1.29, 1.82) is 0 Å². The summed E-state index contributed by atoms with van der Waals surface area (Å²) in [5, 5.41) is 0. The summed E-state index contributed by atoms with van der Waals surface area (Å²) in [5.74, 6) is 2.64. The second-order valence-electron chi connectivity index (χ2n) is 3.33. The van der Waals surface area contributed by atoms with Gasteiger partial charge < -0.3 is 10.6 Å². The second-order valence-corrected chi connectivity index (χ2v) is 4.31. The van der Waals surface area contributed by atoms with Crippen LogP contribution in [0.3, 0.4) is 0 Å². The molecule has 0 aliphatic rings. The molecule has 1 aromatic rings. The van der Waals surface area contributed by atoms with Crippen LogP contribution in [0.1, 0.15) is 12.5 Å². The fourth-order valence-corrected chi connectivity index (χ4v) is 1.87. The number of hydrogen-bond acceptors (Lipinski definition) is 5. The molecule has 0 amide bonds. The minimum atomic E-state index is 0.596. The molecule has 0 unspecified atom stereocenters. The van der Waals surface area contributed by atoms with Crippen molar-refractivity contribution in [2.45, 2.75) is 13.3 Å². The fraction of sp³-hybridized carbons (Fsp3) is 0.600. The summed E-state index contributed by atoms with van der Waals surface area (Å²) in [6.45, 7) is 3.05. The maximum Gasteiger partial charge on any atom is 0.137 e. The normalized spacial score (nSPS) is 10.3. The molecule has 1 heterocycles. The molecule has 0 saturated carbocycles. The highest BCUT2D eigenvalue weighted by Crippen LogP contribution is 2.20. The Bertz CT molecular complexity index is 316. The van der Waals surface area contributed by atoms with Crippen LogP contribution >= 0.6 is 11.8 Å². The van der Waals surface area contributed by atoms with Gasteiger partial charge in [-0.1, -0.05) is 6.92 Å². The Hall–Kier alpha value is -0.970. The summed E-state index contributed by atoms with van der Waals surface area (Å²) < 4.78 is 0. The van der Waals surface area contributed by atoms with Crippen LogP contribution in [-0.4, -0.2) is 35.6 Å². The van der Waals surface area contributed by atoms with Gasteiger partial charge in [-0.3, -0.25) is 0 Å². The van der Waals surface area contributed by atoms with Crippen molar-refractivity contribution in [1.82, 2.24) is 9.97 Å². The summed E-state index contributed by atoms with van der Waals surface area (Å²) in [5.41, 5.74) is 6.86. The molecule has 1 aromatic heterocycles. The molecule has 0 radical (unpaired) electrons. The van der Waals surface area contributed by atoms with Crippen molar-refractivity contribution in [3.63, 3.8) is 0 Å². The predicted molar refractivity (Wildman–Crippen MR) is 67.5 cm³/mol. The van der Waals surface area contributed by atoms with Crippen molar-refractivity contribution < 1.29 is 0 Å². The molecule has 0 saturated heterocycles. The van der Waals surface area contributed by atoms with Gasteiger partial charge in [0, 0.05) is 24.9 Å². The highest BCUT2D eigenvalue weighted by Gasteiger charge is 2.10. The SMILES string of the molecule is CCc1c(N)ncnc1N(C)CCSC. The standard InChI is InChI=1S/C10H18N4S/c1-4-8-9(11)12-7-13-10(8)14(2)5-6-15-3/h7H,4-6H2,1-3H3,(H2,11,12,13). The van der Waals surface area contributed by atoms with Crippen molar-refractivity contribution in [3.05, 3.63) is 11.9 Å². The molecule has 0 spiro atoms. The van der Waals surface area contributed by atoms with Crippen LogP contribution in [-0.2, 0) is 6.42 Å². The molecule has 0 fully saturated rings. The zero-order valence-corrected chi connectivity index (χ0v) is 10.3. The van der Waals surface area contributed by atoms with Gasteiger partial charge in [0.15, 0.2) is 0 Å². The van der Waals surface area contributed by atoms with E-state index in [1.807, 2.05) is 18.8 Å². The summed E-state index contributed by atoms with van der Waals surface area (Å²) in [7, 11) is 2.04. The molecular weight excluding hydrogens is 208 g/mol. The smallest absolute Gasteiger partial charge is 0.137 e. The third kappa shape index (κ3) is 2.99. The van der Waals surface area contributed by atoms with Gasteiger partial charge in [-0.2, -0.15) is 11.8 Å². The molecule has 84 valence electrons. The molecule has 4 nitrogen and oxygen atoms in total. The highest BCUT2D eigenvalue weighted by molar-refractivity contribution is 7.98. The lowest BCUT2D eigenvalue weighted by Gasteiger charge is -2.20. The van der Waals surface area contributed by atoms with Gasteiger partial charge in [0.2, 0.25) is 0 Å². The average Bonchev–Trinajstić information content (AvgIpc) is 2.25. The first-order chi connectivity index (χ1) is 7.20. The Morgan fingerprint density at radius 3 is 2.80 bits per heavy atom. The Kier molecular flexibility index (Phi) is 4.68. The van der Waals surface area contributed by atoms with E-state index in [4.69, 9.17) is 5.73 Å². The van der Waals surface area contributed by atoms with Crippen molar-refractivity contribution >= 4 is 23.4 Å².